The summed E-state index contributed by atoms with van der Waals surface area (Å²) in [6.45, 7) is 1.83. The molecular weight excluding hydrogens is 306 g/mol. The van der Waals surface area contributed by atoms with E-state index in [9.17, 15) is 14.7 Å². The minimum absolute atomic E-state index is 0.0955. The van der Waals surface area contributed by atoms with Gasteiger partial charge in [0.15, 0.2) is 5.75 Å². The van der Waals surface area contributed by atoms with Gasteiger partial charge in [-0.05, 0) is 30.5 Å². The number of aromatic hydroxyl groups is 1. The number of aromatic nitrogens is 1. The highest BCUT2D eigenvalue weighted by molar-refractivity contribution is 6.05. The Balaban J connectivity index is 2.09. The zero-order valence-corrected chi connectivity index (χ0v) is 13.2. The largest absolute Gasteiger partial charge is 0.502 e. The van der Waals surface area contributed by atoms with Crippen LogP contribution in [0.1, 0.15) is 28.4 Å². The van der Waals surface area contributed by atoms with Gasteiger partial charge in [-0.15, -0.1) is 0 Å². The summed E-state index contributed by atoms with van der Waals surface area (Å²) in [6.07, 6.45) is 0.703. The van der Waals surface area contributed by atoms with Crippen LogP contribution in [0.15, 0.2) is 53.3 Å². The van der Waals surface area contributed by atoms with E-state index in [-0.39, 0.29) is 12.2 Å². The van der Waals surface area contributed by atoms with Crippen molar-refractivity contribution < 1.29 is 14.6 Å². The van der Waals surface area contributed by atoms with Gasteiger partial charge in [0.05, 0.1) is 6.61 Å². The van der Waals surface area contributed by atoms with Gasteiger partial charge in [-0.1, -0.05) is 42.5 Å². The Morgan fingerprint density at radius 2 is 1.88 bits per heavy atom. The fourth-order valence-corrected chi connectivity index (χ4v) is 2.69. The average molecular weight is 323 g/mol. The molecule has 5 nitrogen and oxygen atoms in total. The number of benzene rings is 2. The van der Waals surface area contributed by atoms with E-state index in [1.165, 1.54) is 0 Å². The Kier molecular flexibility index (Phi) is 4.33. The van der Waals surface area contributed by atoms with Gasteiger partial charge in [0.2, 0.25) is 0 Å². The summed E-state index contributed by atoms with van der Waals surface area (Å²) >= 11 is 0. The Bertz CT molecular complexity index is 945. The number of rotatable bonds is 4. The van der Waals surface area contributed by atoms with Gasteiger partial charge in [0.1, 0.15) is 5.56 Å². The van der Waals surface area contributed by atoms with Crippen LogP contribution in [0.4, 0.5) is 0 Å². The van der Waals surface area contributed by atoms with Crippen LogP contribution >= 0.6 is 0 Å². The molecule has 1 heterocycles. The Morgan fingerprint density at radius 3 is 2.58 bits per heavy atom. The van der Waals surface area contributed by atoms with E-state index in [4.69, 9.17) is 4.74 Å². The molecule has 5 heteroatoms. The van der Waals surface area contributed by atoms with E-state index in [0.717, 1.165) is 11.1 Å². The summed E-state index contributed by atoms with van der Waals surface area (Å²) in [6, 6.07) is 15.3. The lowest BCUT2D eigenvalue weighted by Gasteiger charge is -2.09. The number of fused-ring (bicyclic) bond motifs is 1. The second-order valence-corrected chi connectivity index (χ2v) is 5.44. The summed E-state index contributed by atoms with van der Waals surface area (Å²) in [7, 11) is 0. The number of carbonyl (C=O) groups excluding carboxylic acids is 1. The van der Waals surface area contributed by atoms with Gasteiger partial charge in [0.25, 0.3) is 5.56 Å². The molecule has 3 aromatic rings. The second kappa shape index (κ2) is 6.58. The normalized spacial score (nSPS) is 10.7. The van der Waals surface area contributed by atoms with Crippen LogP contribution in [0.25, 0.3) is 10.9 Å². The molecule has 2 N–H and O–H groups in total. The summed E-state index contributed by atoms with van der Waals surface area (Å²) in [5.41, 5.74) is 1.83. The van der Waals surface area contributed by atoms with Crippen LogP contribution in [0.2, 0.25) is 0 Å². The first-order valence-corrected chi connectivity index (χ1v) is 7.69. The predicted molar refractivity (Wildman–Crippen MR) is 91.4 cm³/mol. The molecule has 0 unspecified atom stereocenters. The molecule has 2 aromatic carbocycles. The van der Waals surface area contributed by atoms with E-state index < -0.39 is 17.3 Å². The van der Waals surface area contributed by atoms with E-state index >= 15 is 0 Å². The quantitative estimate of drug-likeness (QED) is 0.723. The standard InChI is InChI=1S/C19H17NO4/c1-2-24-19(23)16-14-9-8-13(10-12-6-4-3-5-7-12)11-15(14)20-18(22)17(16)21/h3-9,11,21H,2,10H2,1H3,(H,20,22). The van der Waals surface area contributed by atoms with Crippen LogP contribution < -0.4 is 5.56 Å². The van der Waals surface area contributed by atoms with Gasteiger partial charge >= 0.3 is 5.97 Å². The van der Waals surface area contributed by atoms with E-state index in [1.807, 2.05) is 42.5 Å². The number of nitrogens with one attached hydrogen (secondary N) is 1. The molecule has 0 bridgehead atoms. The van der Waals surface area contributed by atoms with Crippen molar-refractivity contribution >= 4 is 16.9 Å². The fraction of sp³-hybridized carbons (Fsp3) is 0.158. The van der Waals surface area contributed by atoms with Crippen LogP contribution in [-0.2, 0) is 11.2 Å². The van der Waals surface area contributed by atoms with Crippen molar-refractivity contribution in [2.45, 2.75) is 13.3 Å². The number of H-pyrrole nitrogens is 1. The van der Waals surface area contributed by atoms with Gasteiger partial charge in [0, 0.05) is 10.9 Å². The van der Waals surface area contributed by atoms with Crippen LogP contribution in [0.3, 0.4) is 0 Å². The third-order valence-electron chi connectivity index (χ3n) is 3.78. The lowest BCUT2D eigenvalue weighted by atomic mass is 10.0. The minimum Gasteiger partial charge on any atom is -0.502 e. The molecule has 0 fully saturated rings. The fourth-order valence-electron chi connectivity index (χ4n) is 2.69. The Hall–Kier alpha value is -3.08. The molecular formula is C19H17NO4. The summed E-state index contributed by atoms with van der Waals surface area (Å²) in [4.78, 5) is 26.6. The number of esters is 1. The van der Waals surface area contributed by atoms with Crippen molar-refractivity contribution in [2.24, 2.45) is 0 Å². The van der Waals surface area contributed by atoms with Crippen molar-refractivity contribution in [1.29, 1.82) is 0 Å². The first-order chi connectivity index (χ1) is 11.6. The lowest BCUT2D eigenvalue weighted by Crippen LogP contribution is -2.14. The van der Waals surface area contributed by atoms with E-state index in [2.05, 4.69) is 4.98 Å². The van der Waals surface area contributed by atoms with Crippen LogP contribution in [0, 0.1) is 0 Å². The molecule has 0 atom stereocenters. The highest BCUT2D eigenvalue weighted by atomic mass is 16.5. The zero-order chi connectivity index (χ0) is 17.1. The molecule has 0 aliphatic rings. The molecule has 0 aliphatic carbocycles. The molecule has 0 saturated heterocycles. The monoisotopic (exact) mass is 323 g/mol. The highest BCUT2D eigenvalue weighted by Gasteiger charge is 2.20. The smallest absolute Gasteiger partial charge is 0.342 e. The molecule has 0 amide bonds. The van der Waals surface area contributed by atoms with Crippen LogP contribution in [-0.4, -0.2) is 22.7 Å². The van der Waals surface area contributed by atoms with Crippen LogP contribution in [0.5, 0.6) is 5.75 Å². The molecule has 24 heavy (non-hydrogen) atoms. The maximum atomic E-state index is 12.1. The van der Waals surface area contributed by atoms with E-state index in [1.54, 1.807) is 13.0 Å². The van der Waals surface area contributed by atoms with Gasteiger partial charge in [-0.2, -0.15) is 0 Å². The molecule has 122 valence electrons. The lowest BCUT2D eigenvalue weighted by molar-refractivity contribution is 0.0525. The maximum Gasteiger partial charge on any atom is 0.342 e. The number of ether oxygens (including phenoxy) is 1. The van der Waals surface area contributed by atoms with Gasteiger partial charge in [-0.25, -0.2) is 4.79 Å². The van der Waals surface area contributed by atoms with E-state index in [0.29, 0.717) is 17.3 Å². The summed E-state index contributed by atoms with van der Waals surface area (Å²) in [5, 5.41) is 10.4. The SMILES string of the molecule is CCOC(=O)c1c(O)c(=O)[nH]c2cc(Cc3ccccc3)ccc12. The Morgan fingerprint density at radius 1 is 1.12 bits per heavy atom. The second-order valence-electron chi connectivity index (χ2n) is 5.44. The van der Waals surface area contributed by atoms with Crippen molar-refractivity contribution in [3.05, 3.63) is 75.6 Å². The Labute approximate surface area is 138 Å². The summed E-state index contributed by atoms with van der Waals surface area (Å²) in [5.74, 6) is -1.32. The number of hydrogen-bond acceptors (Lipinski definition) is 4. The number of aromatic amines is 1. The number of carbonyl (C=O) groups is 1. The van der Waals surface area contributed by atoms with Crippen molar-refractivity contribution in [3.8, 4) is 5.75 Å². The van der Waals surface area contributed by atoms with Crippen molar-refractivity contribution in [1.82, 2.24) is 4.98 Å². The molecule has 0 radical (unpaired) electrons. The number of pyridine rings is 1. The topological polar surface area (TPSA) is 79.4 Å². The third kappa shape index (κ3) is 3.01. The van der Waals surface area contributed by atoms with Crippen molar-refractivity contribution in [2.75, 3.05) is 6.61 Å². The first-order valence-electron chi connectivity index (χ1n) is 7.69. The minimum atomic E-state index is -0.707. The predicted octanol–water partition coefficient (Wildman–Crippen LogP) is 3.00. The molecule has 1 aromatic heterocycles. The molecule has 3 rings (SSSR count). The first kappa shape index (κ1) is 15.8. The van der Waals surface area contributed by atoms with Gasteiger partial charge in [-0.3, -0.25) is 4.79 Å². The highest BCUT2D eigenvalue weighted by Crippen LogP contribution is 2.25. The van der Waals surface area contributed by atoms with Crippen molar-refractivity contribution in [3.63, 3.8) is 0 Å². The summed E-state index contributed by atoms with van der Waals surface area (Å²) < 4.78 is 4.95. The molecule has 0 spiro atoms. The number of hydrogen-bond donors (Lipinski definition) is 2. The molecule has 0 saturated carbocycles. The molecule has 0 aliphatic heterocycles. The zero-order valence-electron chi connectivity index (χ0n) is 13.2. The third-order valence-corrected chi connectivity index (χ3v) is 3.78. The van der Waals surface area contributed by atoms with Gasteiger partial charge < -0.3 is 14.8 Å². The maximum absolute atomic E-state index is 12.1. The average Bonchev–Trinajstić information content (AvgIpc) is 2.57.